The van der Waals surface area contributed by atoms with E-state index in [4.69, 9.17) is 21.6 Å². The quantitative estimate of drug-likeness (QED) is 0.702. The van der Waals surface area contributed by atoms with Gasteiger partial charge in [0.1, 0.15) is 12.4 Å². The summed E-state index contributed by atoms with van der Waals surface area (Å²) < 4.78 is 29.4. The molecule has 0 amide bonds. The van der Waals surface area contributed by atoms with Crippen molar-refractivity contribution in [3.05, 3.63) is 58.1 Å². The Balaban J connectivity index is 1.52. The van der Waals surface area contributed by atoms with E-state index in [-0.39, 0.29) is 6.04 Å². The number of nitrogens with one attached hydrogen (secondary N) is 1. The van der Waals surface area contributed by atoms with E-state index in [1.807, 2.05) is 12.1 Å². The van der Waals surface area contributed by atoms with Crippen LogP contribution in [0.15, 0.2) is 41.3 Å². The standard InChI is InChI=1S/C22H26ClN3O3S/c1-16-9-21(3-4-22(16)30(2,27)28)29-15-20-14-26(8-6-25-20)7-5-17-10-18(13-24)12-19(23)11-17/h3-4,9-12,20,25H,5-8,14-15H2,1-2H3. The Bertz CT molecular complexity index is 1050. The number of sulfone groups is 1. The molecule has 1 aliphatic heterocycles. The molecule has 1 saturated heterocycles. The fourth-order valence-corrected chi connectivity index (χ4v) is 4.90. The fourth-order valence-electron chi connectivity index (χ4n) is 3.68. The van der Waals surface area contributed by atoms with Gasteiger partial charge in [-0.15, -0.1) is 0 Å². The number of hydrogen-bond acceptors (Lipinski definition) is 6. The molecule has 3 rings (SSSR count). The van der Waals surface area contributed by atoms with Crippen LogP contribution in [0.1, 0.15) is 16.7 Å². The minimum atomic E-state index is -3.23. The second kappa shape index (κ2) is 9.80. The number of piperazine rings is 1. The van der Waals surface area contributed by atoms with Crippen LogP contribution in [0.3, 0.4) is 0 Å². The predicted molar refractivity (Wildman–Crippen MR) is 118 cm³/mol. The Hall–Kier alpha value is -2.11. The van der Waals surface area contributed by atoms with Crippen LogP contribution in [-0.4, -0.2) is 58.4 Å². The molecule has 0 saturated carbocycles. The first-order valence-electron chi connectivity index (χ1n) is 9.83. The molecule has 8 heteroatoms. The average Bonchev–Trinajstić information content (AvgIpc) is 2.70. The molecule has 0 aliphatic carbocycles. The number of rotatable bonds is 7. The molecule has 1 heterocycles. The van der Waals surface area contributed by atoms with Gasteiger partial charge < -0.3 is 15.0 Å². The van der Waals surface area contributed by atoms with Gasteiger partial charge in [-0.1, -0.05) is 11.6 Å². The Morgan fingerprint density at radius 2 is 2.10 bits per heavy atom. The highest BCUT2D eigenvalue weighted by Gasteiger charge is 2.20. The monoisotopic (exact) mass is 447 g/mol. The molecule has 0 spiro atoms. The second-order valence-electron chi connectivity index (χ2n) is 7.67. The molecule has 1 N–H and O–H groups in total. The van der Waals surface area contributed by atoms with Crippen molar-refractivity contribution >= 4 is 21.4 Å². The molecule has 1 aliphatic rings. The molecule has 1 atom stereocenters. The zero-order chi connectivity index (χ0) is 21.7. The first-order valence-corrected chi connectivity index (χ1v) is 12.1. The van der Waals surface area contributed by atoms with Gasteiger partial charge in [-0.25, -0.2) is 8.42 Å². The lowest BCUT2D eigenvalue weighted by Gasteiger charge is -2.33. The summed E-state index contributed by atoms with van der Waals surface area (Å²) in [7, 11) is -3.23. The maximum atomic E-state index is 11.7. The highest BCUT2D eigenvalue weighted by Crippen LogP contribution is 2.21. The van der Waals surface area contributed by atoms with Gasteiger partial charge in [-0.05, 0) is 60.9 Å². The molecule has 0 aromatic heterocycles. The minimum Gasteiger partial charge on any atom is -0.492 e. The van der Waals surface area contributed by atoms with Crippen LogP contribution in [0.5, 0.6) is 5.75 Å². The summed E-state index contributed by atoms with van der Waals surface area (Å²) >= 11 is 6.09. The van der Waals surface area contributed by atoms with Crippen LogP contribution in [0.2, 0.25) is 5.02 Å². The summed E-state index contributed by atoms with van der Waals surface area (Å²) in [5, 5.41) is 13.2. The second-order valence-corrected chi connectivity index (χ2v) is 10.1. The third-order valence-corrected chi connectivity index (χ3v) is 6.62. The van der Waals surface area contributed by atoms with Crippen LogP contribution in [0, 0.1) is 18.3 Å². The molecule has 0 bridgehead atoms. The predicted octanol–water partition coefficient (Wildman–Crippen LogP) is 2.82. The third-order valence-electron chi connectivity index (χ3n) is 5.14. The largest absolute Gasteiger partial charge is 0.492 e. The van der Waals surface area contributed by atoms with E-state index in [1.54, 1.807) is 31.2 Å². The summed E-state index contributed by atoms with van der Waals surface area (Å²) in [6, 6.07) is 12.9. The van der Waals surface area contributed by atoms with E-state index in [2.05, 4.69) is 16.3 Å². The van der Waals surface area contributed by atoms with Crippen LogP contribution < -0.4 is 10.1 Å². The van der Waals surface area contributed by atoms with Crippen molar-refractivity contribution in [1.82, 2.24) is 10.2 Å². The maximum Gasteiger partial charge on any atom is 0.175 e. The highest BCUT2D eigenvalue weighted by atomic mass is 35.5. The van der Waals surface area contributed by atoms with E-state index >= 15 is 0 Å². The van der Waals surface area contributed by atoms with Crippen LogP contribution in [0.25, 0.3) is 0 Å². The van der Waals surface area contributed by atoms with Crippen molar-refractivity contribution < 1.29 is 13.2 Å². The maximum absolute atomic E-state index is 11.7. The number of nitriles is 1. The van der Waals surface area contributed by atoms with Crippen molar-refractivity contribution in [3.8, 4) is 11.8 Å². The zero-order valence-electron chi connectivity index (χ0n) is 17.2. The van der Waals surface area contributed by atoms with E-state index in [1.165, 1.54) is 6.26 Å². The van der Waals surface area contributed by atoms with E-state index in [9.17, 15) is 8.42 Å². The highest BCUT2D eigenvalue weighted by molar-refractivity contribution is 7.90. The molecule has 0 radical (unpaired) electrons. The minimum absolute atomic E-state index is 0.183. The summed E-state index contributed by atoms with van der Waals surface area (Å²) in [4.78, 5) is 2.70. The lowest BCUT2D eigenvalue weighted by molar-refractivity contribution is 0.159. The van der Waals surface area contributed by atoms with Gasteiger partial charge in [0.15, 0.2) is 9.84 Å². The number of aryl methyl sites for hydroxylation is 1. The van der Waals surface area contributed by atoms with Crippen molar-refractivity contribution in [1.29, 1.82) is 5.26 Å². The van der Waals surface area contributed by atoms with Gasteiger partial charge >= 0.3 is 0 Å². The van der Waals surface area contributed by atoms with Gasteiger partial charge in [0.25, 0.3) is 0 Å². The van der Waals surface area contributed by atoms with Gasteiger partial charge in [0, 0.05) is 37.5 Å². The van der Waals surface area contributed by atoms with Crippen molar-refractivity contribution in [3.63, 3.8) is 0 Å². The van der Waals surface area contributed by atoms with E-state index in [0.717, 1.165) is 38.2 Å². The SMILES string of the molecule is Cc1cc(OCC2CN(CCc3cc(Cl)cc(C#N)c3)CCN2)ccc1S(C)(=O)=O. The molecule has 30 heavy (non-hydrogen) atoms. The third kappa shape index (κ3) is 6.19. The number of nitrogens with zero attached hydrogens (tertiary/aromatic N) is 2. The lowest BCUT2D eigenvalue weighted by Crippen LogP contribution is -2.53. The zero-order valence-corrected chi connectivity index (χ0v) is 18.8. The van der Waals surface area contributed by atoms with Crippen LogP contribution >= 0.6 is 11.6 Å². The number of halogens is 1. The number of hydrogen-bond donors (Lipinski definition) is 1. The Kier molecular flexibility index (Phi) is 7.37. The van der Waals surface area contributed by atoms with Crippen molar-refractivity contribution in [2.75, 3.05) is 39.0 Å². The Labute approximate surface area is 183 Å². The lowest BCUT2D eigenvalue weighted by atomic mass is 10.1. The van der Waals surface area contributed by atoms with Crippen LogP contribution in [-0.2, 0) is 16.3 Å². The summed E-state index contributed by atoms with van der Waals surface area (Å²) in [6.45, 7) is 5.84. The average molecular weight is 448 g/mol. The fraction of sp³-hybridized carbons (Fsp3) is 0.409. The van der Waals surface area contributed by atoms with Crippen molar-refractivity contribution in [2.45, 2.75) is 24.3 Å². The summed E-state index contributed by atoms with van der Waals surface area (Å²) in [5.74, 6) is 0.668. The summed E-state index contributed by atoms with van der Waals surface area (Å²) in [6.07, 6.45) is 2.04. The van der Waals surface area contributed by atoms with Crippen molar-refractivity contribution in [2.24, 2.45) is 0 Å². The van der Waals surface area contributed by atoms with Crippen LogP contribution in [0.4, 0.5) is 0 Å². The van der Waals surface area contributed by atoms with Gasteiger partial charge in [0.2, 0.25) is 0 Å². The molecule has 1 fully saturated rings. The van der Waals surface area contributed by atoms with Gasteiger partial charge in [-0.2, -0.15) is 5.26 Å². The molecule has 2 aromatic rings. The molecule has 160 valence electrons. The van der Waals surface area contributed by atoms with Gasteiger partial charge in [-0.3, -0.25) is 0 Å². The molecule has 6 nitrogen and oxygen atoms in total. The Morgan fingerprint density at radius 3 is 2.80 bits per heavy atom. The molecular weight excluding hydrogens is 422 g/mol. The molecular formula is C22H26ClN3O3S. The summed E-state index contributed by atoms with van der Waals surface area (Å²) in [5.41, 5.74) is 2.33. The molecule has 2 aromatic carbocycles. The first kappa shape index (κ1) is 22.6. The smallest absolute Gasteiger partial charge is 0.175 e. The first-order chi connectivity index (χ1) is 14.2. The number of benzene rings is 2. The van der Waals surface area contributed by atoms with Gasteiger partial charge in [0.05, 0.1) is 22.6 Å². The molecule has 1 unspecified atom stereocenters. The Morgan fingerprint density at radius 1 is 1.30 bits per heavy atom. The van der Waals surface area contributed by atoms with E-state index in [0.29, 0.717) is 33.4 Å². The normalized spacial score (nSPS) is 17.5. The van der Waals surface area contributed by atoms with E-state index < -0.39 is 9.84 Å². The topological polar surface area (TPSA) is 82.4 Å². The number of ether oxygens (including phenoxy) is 1.